The predicted octanol–water partition coefficient (Wildman–Crippen LogP) is 1.33. The normalized spacial score (nSPS) is 23.9. The lowest BCUT2D eigenvalue weighted by molar-refractivity contribution is -0.181. The van der Waals surface area contributed by atoms with E-state index in [4.69, 9.17) is 23.7 Å². The summed E-state index contributed by atoms with van der Waals surface area (Å²) < 4.78 is 26.9. The second kappa shape index (κ2) is 9.34. The molecule has 1 aliphatic carbocycles. The Balaban J connectivity index is 2.42. The Labute approximate surface area is 190 Å². The summed E-state index contributed by atoms with van der Waals surface area (Å²) in [5.74, 6) is -2.65. The Kier molecular flexibility index (Phi) is 6.92. The SMILES string of the molecule is COc1cc2c(cc1OC)[C@H](O)[C@](O)(CO)[C@H](C(=O)O)[C@H]2c1cc(OC)c(OC)c(OC)c1. The van der Waals surface area contributed by atoms with Crippen LogP contribution in [-0.2, 0) is 4.79 Å². The molecule has 0 saturated carbocycles. The van der Waals surface area contributed by atoms with Gasteiger partial charge < -0.3 is 44.1 Å². The van der Waals surface area contributed by atoms with Crippen LogP contribution in [0.15, 0.2) is 24.3 Å². The first-order valence-corrected chi connectivity index (χ1v) is 10.0. The monoisotopic (exact) mass is 464 g/mol. The van der Waals surface area contributed by atoms with Gasteiger partial charge in [-0.15, -0.1) is 0 Å². The highest BCUT2D eigenvalue weighted by molar-refractivity contribution is 5.76. The lowest BCUT2D eigenvalue weighted by Crippen LogP contribution is -2.55. The third-order valence-electron chi connectivity index (χ3n) is 6.13. The molecule has 180 valence electrons. The minimum absolute atomic E-state index is 0.195. The lowest BCUT2D eigenvalue weighted by Gasteiger charge is -2.46. The number of hydrogen-bond acceptors (Lipinski definition) is 9. The Bertz CT molecular complexity index is 1010. The van der Waals surface area contributed by atoms with Gasteiger partial charge in [0.05, 0.1) is 42.2 Å². The lowest BCUT2D eigenvalue weighted by atomic mass is 9.62. The Morgan fingerprint density at radius 1 is 0.848 bits per heavy atom. The van der Waals surface area contributed by atoms with Crippen LogP contribution in [0.25, 0.3) is 0 Å². The first-order chi connectivity index (χ1) is 15.7. The molecular weight excluding hydrogens is 436 g/mol. The number of fused-ring (bicyclic) bond motifs is 1. The molecule has 0 aromatic heterocycles. The Morgan fingerprint density at radius 3 is 1.73 bits per heavy atom. The summed E-state index contributed by atoms with van der Waals surface area (Å²) in [4.78, 5) is 12.5. The van der Waals surface area contributed by atoms with Gasteiger partial charge in [0.2, 0.25) is 5.75 Å². The molecule has 0 fully saturated rings. The zero-order chi connectivity index (χ0) is 24.5. The second-order valence-electron chi connectivity index (χ2n) is 7.64. The molecule has 0 heterocycles. The second-order valence-corrected chi connectivity index (χ2v) is 7.64. The van der Waals surface area contributed by atoms with E-state index in [1.165, 1.54) is 41.6 Å². The van der Waals surface area contributed by atoms with Crippen molar-refractivity contribution in [3.63, 3.8) is 0 Å². The smallest absolute Gasteiger partial charge is 0.310 e. The molecule has 0 bridgehead atoms. The van der Waals surface area contributed by atoms with E-state index in [1.807, 2.05) is 0 Å². The number of carboxylic acids is 1. The van der Waals surface area contributed by atoms with Crippen LogP contribution in [-0.4, -0.2) is 74.2 Å². The van der Waals surface area contributed by atoms with Gasteiger partial charge in [0.25, 0.3) is 0 Å². The number of benzene rings is 2. The molecule has 2 aromatic rings. The fourth-order valence-corrected chi connectivity index (χ4v) is 4.52. The molecule has 10 heteroatoms. The molecule has 0 amide bonds. The first-order valence-electron chi connectivity index (χ1n) is 10.0. The Hall–Kier alpha value is -3.21. The number of hydrogen-bond donors (Lipinski definition) is 4. The third kappa shape index (κ3) is 3.79. The zero-order valence-electron chi connectivity index (χ0n) is 19.0. The van der Waals surface area contributed by atoms with Gasteiger partial charge in [-0.3, -0.25) is 4.79 Å². The van der Waals surface area contributed by atoms with Gasteiger partial charge in [0.15, 0.2) is 23.0 Å². The van der Waals surface area contributed by atoms with Crippen LogP contribution in [0.5, 0.6) is 28.7 Å². The van der Waals surface area contributed by atoms with E-state index in [0.29, 0.717) is 22.6 Å². The van der Waals surface area contributed by atoms with E-state index in [-0.39, 0.29) is 22.8 Å². The van der Waals surface area contributed by atoms with E-state index in [1.54, 1.807) is 18.2 Å². The summed E-state index contributed by atoms with van der Waals surface area (Å²) in [6.45, 7) is -1.00. The number of ether oxygens (including phenoxy) is 5. The topological polar surface area (TPSA) is 144 Å². The molecule has 0 saturated heterocycles. The maximum atomic E-state index is 12.5. The molecule has 10 nitrogen and oxygen atoms in total. The molecule has 33 heavy (non-hydrogen) atoms. The van der Waals surface area contributed by atoms with Crippen LogP contribution in [0.2, 0.25) is 0 Å². The molecule has 4 atom stereocenters. The van der Waals surface area contributed by atoms with E-state index in [2.05, 4.69) is 0 Å². The van der Waals surface area contributed by atoms with Crippen molar-refractivity contribution in [2.75, 3.05) is 42.2 Å². The van der Waals surface area contributed by atoms with Gasteiger partial charge in [0, 0.05) is 5.92 Å². The van der Waals surface area contributed by atoms with Gasteiger partial charge >= 0.3 is 5.97 Å². The predicted molar refractivity (Wildman–Crippen MR) is 116 cm³/mol. The molecule has 2 aromatic carbocycles. The summed E-state index contributed by atoms with van der Waals surface area (Å²) >= 11 is 0. The van der Waals surface area contributed by atoms with Gasteiger partial charge in [-0.05, 0) is 41.0 Å². The Morgan fingerprint density at radius 2 is 1.33 bits per heavy atom. The van der Waals surface area contributed by atoms with Crippen molar-refractivity contribution in [2.24, 2.45) is 5.92 Å². The van der Waals surface area contributed by atoms with Crippen molar-refractivity contribution < 1.29 is 48.9 Å². The number of rotatable bonds is 8. The highest BCUT2D eigenvalue weighted by atomic mass is 16.5. The maximum absolute atomic E-state index is 12.5. The van der Waals surface area contributed by atoms with Crippen LogP contribution in [0.3, 0.4) is 0 Å². The van der Waals surface area contributed by atoms with E-state index in [9.17, 15) is 25.2 Å². The van der Waals surface area contributed by atoms with Crippen LogP contribution >= 0.6 is 0 Å². The summed E-state index contributed by atoms with van der Waals surface area (Å²) in [5, 5.41) is 42.4. The van der Waals surface area contributed by atoms with Gasteiger partial charge in [0.1, 0.15) is 17.6 Å². The molecular formula is C23H28O10. The summed E-state index contributed by atoms with van der Waals surface area (Å²) in [7, 11) is 7.12. The summed E-state index contributed by atoms with van der Waals surface area (Å²) in [6.07, 6.45) is -1.71. The number of methoxy groups -OCH3 is 5. The van der Waals surface area contributed by atoms with Gasteiger partial charge in [-0.25, -0.2) is 0 Å². The van der Waals surface area contributed by atoms with Gasteiger partial charge in [-0.1, -0.05) is 0 Å². The van der Waals surface area contributed by atoms with E-state index in [0.717, 1.165) is 0 Å². The van der Waals surface area contributed by atoms with Crippen molar-refractivity contribution >= 4 is 5.97 Å². The molecule has 0 aliphatic heterocycles. The summed E-state index contributed by atoms with van der Waals surface area (Å²) in [5.41, 5.74) is -1.44. The molecule has 0 radical (unpaired) electrons. The minimum atomic E-state index is -2.40. The van der Waals surface area contributed by atoms with Crippen molar-refractivity contribution in [2.45, 2.75) is 17.6 Å². The number of carboxylic acid groups (broad SMARTS) is 1. The standard InChI is InChI=1S/C23H28O10/c1-29-14-8-12-13(9-15(14)30-2)21(25)23(28,10-24)19(22(26)27)18(12)11-6-16(31-3)20(33-5)17(7-11)32-4/h6-9,18-19,21,24-25,28H,10H2,1-5H3,(H,26,27)/t18-,19-,21-,23-/m0/s1. The fourth-order valence-electron chi connectivity index (χ4n) is 4.52. The molecule has 0 unspecified atom stereocenters. The van der Waals surface area contributed by atoms with E-state index >= 15 is 0 Å². The number of aliphatic carboxylic acids is 1. The molecule has 1 aliphatic rings. The fraction of sp³-hybridized carbons (Fsp3) is 0.435. The maximum Gasteiger partial charge on any atom is 0.310 e. The number of carbonyl (C=O) groups is 1. The minimum Gasteiger partial charge on any atom is -0.493 e. The van der Waals surface area contributed by atoms with Crippen LogP contribution < -0.4 is 23.7 Å². The largest absolute Gasteiger partial charge is 0.493 e. The molecule has 4 N–H and O–H groups in total. The molecule has 0 spiro atoms. The van der Waals surface area contributed by atoms with E-state index < -0.39 is 36.1 Å². The van der Waals surface area contributed by atoms with Crippen molar-refractivity contribution in [3.8, 4) is 28.7 Å². The average molecular weight is 464 g/mol. The van der Waals surface area contributed by atoms with Crippen LogP contribution in [0.1, 0.15) is 28.7 Å². The van der Waals surface area contributed by atoms with Gasteiger partial charge in [-0.2, -0.15) is 0 Å². The van der Waals surface area contributed by atoms with Crippen molar-refractivity contribution in [3.05, 3.63) is 41.0 Å². The number of aliphatic hydroxyl groups is 3. The van der Waals surface area contributed by atoms with Crippen molar-refractivity contribution in [1.29, 1.82) is 0 Å². The zero-order valence-corrected chi connectivity index (χ0v) is 19.0. The van der Waals surface area contributed by atoms with Crippen LogP contribution in [0, 0.1) is 5.92 Å². The number of aliphatic hydroxyl groups excluding tert-OH is 2. The van der Waals surface area contributed by atoms with Crippen LogP contribution in [0.4, 0.5) is 0 Å². The third-order valence-corrected chi connectivity index (χ3v) is 6.13. The highest BCUT2D eigenvalue weighted by Gasteiger charge is 2.57. The first kappa shape index (κ1) is 24.4. The quantitative estimate of drug-likeness (QED) is 0.452. The highest BCUT2D eigenvalue weighted by Crippen LogP contribution is 2.54. The summed E-state index contributed by atoms with van der Waals surface area (Å²) in [6, 6.07) is 6.15. The molecule has 3 rings (SSSR count). The average Bonchev–Trinajstić information content (AvgIpc) is 2.83. The van der Waals surface area contributed by atoms with Crippen molar-refractivity contribution in [1.82, 2.24) is 0 Å².